The van der Waals surface area contributed by atoms with Crippen LogP contribution in [0.3, 0.4) is 0 Å². The SMILES string of the molecule is CC(C)c1nc2c([nH]1)c(=O)[nH]c(=O)n2CCCc1ccc(Cl)cc1. The molecule has 2 heterocycles. The number of hydrogen-bond donors (Lipinski definition) is 2. The summed E-state index contributed by atoms with van der Waals surface area (Å²) in [4.78, 5) is 33.9. The van der Waals surface area contributed by atoms with E-state index < -0.39 is 11.2 Å². The van der Waals surface area contributed by atoms with Crippen LogP contribution < -0.4 is 11.2 Å². The van der Waals surface area contributed by atoms with Crippen molar-refractivity contribution in [3.05, 3.63) is 61.5 Å². The Bertz CT molecular complexity index is 967. The first-order valence-corrected chi connectivity index (χ1v) is 8.30. The molecule has 2 aromatic heterocycles. The van der Waals surface area contributed by atoms with Crippen molar-refractivity contribution in [1.82, 2.24) is 19.5 Å². The second-order valence-corrected chi connectivity index (χ2v) is 6.55. The van der Waals surface area contributed by atoms with Gasteiger partial charge in [-0.25, -0.2) is 9.78 Å². The Balaban J connectivity index is 1.87. The van der Waals surface area contributed by atoms with Gasteiger partial charge in [0.05, 0.1) is 0 Å². The molecule has 3 rings (SSSR count). The number of H-pyrrole nitrogens is 2. The summed E-state index contributed by atoms with van der Waals surface area (Å²) in [5.41, 5.74) is 1.07. The monoisotopic (exact) mass is 346 g/mol. The van der Waals surface area contributed by atoms with Crippen LogP contribution in [0.25, 0.3) is 11.2 Å². The van der Waals surface area contributed by atoms with E-state index in [0.717, 1.165) is 18.4 Å². The number of benzene rings is 1. The molecular formula is C17H19ClN4O2. The highest BCUT2D eigenvalue weighted by Gasteiger charge is 2.14. The van der Waals surface area contributed by atoms with Crippen molar-refractivity contribution in [2.75, 3.05) is 0 Å². The Hall–Kier alpha value is -2.34. The van der Waals surface area contributed by atoms with Gasteiger partial charge in [-0.15, -0.1) is 0 Å². The number of rotatable bonds is 5. The van der Waals surface area contributed by atoms with Crippen LogP contribution in [0.15, 0.2) is 33.9 Å². The third-order valence-corrected chi connectivity index (χ3v) is 4.21. The van der Waals surface area contributed by atoms with E-state index in [-0.39, 0.29) is 5.92 Å². The van der Waals surface area contributed by atoms with Gasteiger partial charge in [-0.05, 0) is 30.5 Å². The molecule has 0 aliphatic carbocycles. The molecule has 0 radical (unpaired) electrons. The largest absolute Gasteiger partial charge is 0.336 e. The van der Waals surface area contributed by atoms with E-state index in [1.165, 1.54) is 4.57 Å². The Morgan fingerprint density at radius 1 is 1.17 bits per heavy atom. The average molecular weight is 347 g/mol. The van der Waals surface area contributed by atoms with Gasteiger partial charge in [-0.2, -0.15) is 0 Å². The molecular weight excluding hydrogens is 328 g/mol. The molecule has 0 bridgehead atoms. The highest BCUT2D eigenvalue weighted by atomic mass is 35.5. The molecule has 126 valence electrons. The van der Waals surface area contributed by atoms with Gasteiger partial charge in [0.1, 0.15) is 11.3 Å². The third kappa shape index (κ3) is 3.28. The molecule has 1 aromatic carbocycles. The number of nitrogens with zero attached hydrogens (tertiary/aromatic N) is 2. The van der Waals surface area contributed by atoms with E-state index in [1.54, 1.807) is 0 Å². The lowest BCUT2D eigenvalue weighted by Crippen LogP contribution is -2.30. The molecule has 0 unspecified atom stereocenters. The van der Waals surface area contributed by atoms with E-state index in [4.69, 9.17) is 11.6 Å². The Kier molecular flexibility index (Phi) is 4.57. The van der Waals surface area contributed by atoms with Crippen LogP contribution in [0, 0.1) is 0 Å². The van der Waals surface area contributed by atoms with Crippen molar-refractivity contribution in [3.63, 3.8) is 0 Å². The minimum Gasteiger partial charge on any atom is -0.336 e. The van der Waals surface area contributed by atoms with Gasteiger partial charge < -0.3 is 4.98 Å². The number of aromatic nitrogens is 4. The first-order valence-electron chi connectivity index (χ1n) is 7.93. The number of hydrogen-bond acceptors (Lipinski definition) is 3. The minimum atomic E-state index is -0.427. The van der Waals surface area contributed by atoms with Crippen molar-refractivity contribution in [3.8, 4) is 0 Å². The fourth-order valence-corrected chi connectivity index (χ4v) is 2.76. The van der Waals surface area contributed by atoms with Crippen LogP contribution in [0.1, 0.15) is 37.6 Å². The predicted octanol–water partition coefficient (Wildman–Crippen LogP) is 2.82. The molecule has 24 heavy (non-hydrogen) atoms. The first-order chi connectivity index (χ1) is 11.5. The zero-order chi connectivity index (χ0) is 17.3. The van der Waals surface area contributed by atoms with Crippen molar-refractivity contribution >= 4 is 22.8 Å². The van der Waals surface area contributed by atoms with E-state index in [2.05, 4.69) is 15.0 Å². The highest BCUT2D eigenvalue weighted by Crippen LogP contribution is 2.14. The molecule has 0 saturated carbocycles. The number of aryl methyl sites for hydroxylation is 2. The van der Waals surface area contributed by atoms with E-state index >= 15 is 0 Å². The average Bonchev–Trinajstić information content (AvgIpc) is 2.98. The standard InChI is InChI=1S/C17H19ClN4O2/c1-10(2)14-19-13-15(20-14)22(17(24)21-16(13)23)9-3-4-11-5-7-12(18)8-6-11/h5-8,10H,3-4,9H2,1-2H3,(H,19,20)(H,21,23,24). The first kappa shape index (κ1) is 16.5. The van der Waals surface area contributed by atoms with Gasteiger partial charge in [-0.3, -0.25) is 14.3 Å². The van der Waals surface area contributed by atoms with Crippen molar-refractivity contribution in [2.45, 2.75) is 39.2 Å². The lowest BCUT2D eigenvalue weighted by molar-refractivity contribution is 0.621. The fourth-order valence-electron chi connectivity index (χ4n) is 2.63. The third-order valence-electron chi connectivity index (χ3n) is 3.96. The highest BCUT2D eigenvalue weighted by molar-refractivity contribution is 6.30. The molecule has 2 N–H and O–H groups in total. The van der Waals surface area contributed by atoms with Crippen LogP contribution in [-0.4, -0.2) is 19.5 Å². The van der Waals surface area contributed by atoms with Crippen LogP contribution in [0.5, 0.6) is 0 Å². The molecule has 0 aliphatic heterocycles. The Morgan fingerprint density at radius 2 is 1.88 bits per heavy atom. The zero-order valence-electron chi connectivity index (χ0n) is 13.6. The normalized spacial score (nSPS) is 11.5. The number of nitrogens with one attached hydrogen (secondary N) is 2. The molecule has 6 nitrogen and oxygen atoms in total. The van der Waals surface area contributed by atoms with Gasteiger partial charge in [0.25, 0.3) is 5.56 Å². The van der Waals surface area contributed by atoms with Gasteiger partial charge >= 0.3 is 5.69 Å². The number of aromatic amines is 2. The second kappa shape index (κ2) is 6.65. The van der Waals surface area contributed by atoms with Gasteiger partial charge in [0.15, 0.2) is 5.65 Å². The molecule has 0 aliphatic rings. The smallest absolute Gasteiger partial charge is 0.330 e. The summed E-state index contributed by atoms with van der Waals surface area (Å²) in [5, 5.41) is 0.704. The minimum absolute atomic E-state index is 0.148. The van der Waals surface area contributed by atoms with Gasteiger partial charge in [0, 0.05) is 17.5 Å². The molecule has 7 heteroatoms. The van der Waals surface area contributed by atoms with Crippen molar-refractivity contribution in [2.24, 2.45) is 0 Å². The summed E-state index contributed by atoms with van der Waals surface area (Å²) >= 11 is 5.88. The van der Waals surface area contributed by atoms with Crippen LogP contribution in [0.4, 0.5) is 0 Å². The molecule has 0 amide bonds. The zero-order valence-corrected chi connectivity index (χ0v) is 14.4. The fraction of sp³-hybridized carbons (Fsp3) is 0.353. The van der Waals surface area contributed by atoms with Gasteiger partial charge in [0.2, 0.25) is 0 Å². The maximum Gasteiger partial charge on any atom is 0.330 e. The lowest BCUT2D eigenvalue weighted by atomic mass is 10.1. The summed E-state index contributed by atoms with van der Waals surface area (Å²) < 4.78 is 1.52. The Morgan fingerprint density at radius 3 is 2.54 bits per heavy atom. The van der Waals surface area contributed by atoms with E-state index in [9.17, 15) is 9.59 Å². The molecule has 0 saturated heterocycles. The summed E-state index contributed by atoms with van der Waals surface area (Å²) in [6.07, 6.45) is 1.57. The van der Waals surface area contributed by atoms with E-state index in [0.29, 0.717) is 28.6 Å². The quantitative estimate of drug-likeness (QED) is 0.745. The number of imidazole rings is 1. The number of fused-ring (bicyclic) bond motifs is 1. The summed E-state index contributed by atoms with van der Waals surface area (Å²) in [6.45, 7) is 4.45. The molecule has 0 atom stereocenters. The van der Waals surface area contributed by atoms with Gasteiger partial charge in [-0.1, -0.05) is 37.6 Å². The van der Waals surface area contributed by atoms with Crippen LogP contribution in [0.2, 0.25) is 5.02 Å². The second-order valence-electron chi connectivity index (χ2n) is 6.12. The maximum atomic E-state index is 12.2. The van der Waals surface area contributed by atoms with E-state index in [1.807, 2.05) is 38.1 Å². The molecule has 3 aromatic rings. The number of halogens is 1. The summed E-state index contributed by atoms with van der Waals surface area (Å²) in [7, 11) is 0. The van der Waals surface area contributed by atoms with Crippen molar-refractivity contribution < 1.29 is 0 Å². The summed E-state index contributed by atoms with van der Waals surface area (Å²) in [6, 6.07) is 7.64. The lowest BCUT2D eigenvalue weighted by Gasteiger charge is -2.06. The topological polar surface area (TPSA) is 83.5 Å². The Labute approximate surface area is 143 Å². The predicted molar refractivity (Wildman–Crippen MR) is 94.8 cm³/mol. The van der Waals surface area contributed by atoms with Crippen LogP contribution >= 0.6 is 11.6 Å². The van der Waals surface area contributed by atoms with Crippen LogP contribution in [-0.2, 0) is 13.0 Å². The maximum absolute atomic E-state index is 12.2. The molecule has 0 spiro atoms. The molecule has 0 fully saturated rings. The summed E-state index contributed by atoms with van der Waals surface area (Å²) in [5.74, 6) is 0.849. The van der Waals surface area contributed by atoms with Crippen molar-refractivity contribution in [1.29, 1.82) is 0 Å².